The van der Waals surface area contributed by atoms with E-state index in [9.17, 15) is 0 Å². The molecule has 0 atom stereocenters. The maximum absolute atomic E-state index is 6.08. The maximum atomic E-state index is 6.08. The average molecular weight is 344 g/mol. The van der Waals surface area contributed by atoms with E-state index >= 15 is 0 Å². The number of ether oxygens (including phenoxy) is 1. The first-order chi connectivity index (χ1) is 13.4. The lowest BCUT2D eigenvalue weighted by Crippen LogP contribution is -2.33. The molecule has 0 bridgehead atoms. The van der Waals surface area contributed by atoms with Gasteiger partial charge in [-0.05, 0) is 47.3 Å². The highest BCUT2D eigenvalue weighted by Crippen LogP contribution is 2.32. The summed E-state index contributed by atoms with van der Waals surface area (Å²) in [5, 5.41) is 2.55. The third-order valence-corrected chi connectivity index (χ3v) is 5.28. The van der Waals surface area contributed by atoms with Crippen LogP contribution >= 0.6 is 0 Å². The van der Waals surface area contributed by atoms with Crippen LogP contribution in [0.2, 0.25) is 0 Å². The SMILES string of the molecule is [B]1c2ccccc2Oc2ccc(-n3c4ccccc4c4ccccc43)cc21. The van der Waals surface area contributed by atoms with Gasteiger partial charge in [0.2, 0.25) is 7.28 Å². The van der Waals surface area contributed by atoms with Crippen LogP contribution in [-0.4, -0.2) is 11.8 Å². The molecule has 1 radical (unpaired) electrons. The van der Waals surface area contributed by atoms with Gasteiger partial charge in [0.1, 0.15) is 11.5 Å². The second-order valence-corrected chi connectivity index (χ2v) is 6.88. The van der Waals surface area contributed by atoms with Gasteiger partial charge in [0.15, 0.2) is 0 Å². The zero-order valence-electron chi connectivity index (χ0n) is 14.6. The van der Waals surface area contributed by atoms with Gasteiger partial charge >= 0.3 is 0 Å². The van der Waals surface area contributed by atoms with Crippen molar-refractivity contribution in [3.63, 3.8) is 0 Å². The molecule has 5 aromatic rings. The lowest BCUT2D eigenvalue weighted by molar-refractivity contribution is 0.488. The molecule has 125 valence electrons. The van der Waals surface area contributed by atoms with E-state index in [4.69, 9.17) is 4.74 Å². The summed E-state index contributed by atoms with van der Waals surface area (Å²) in [6.07, 6.45) is 0. The fourth-order valence-electron chi connectivity index (χ4n) is 4.06. The van der Waals surface area contributed by atoms with Crippen molar-refractivity contribution in [2.24, 2.45) is 0 Å². The van der Waals surface area contributed by atoms with E-state index in [1.807, 2.05) is 18.2 Å². The molecule has 27 heavy (non-hydrogen) atoms. The maximum Gasteiger partial charge on any atom is 0.201 e. The summed E-state index contributed by atoms with van der Waals surface area (Å²) in [5.41, 5.74) is 5.80. The number of benzene rings is 4. The summed E-state index contributed by atoms with van der Waals surface area (Å²) >= 11 is 0. The number of fused-ring (bicyclic) bond motifs is 5. The molecular formula is C24H15BNO. The number of rotatable bonds is 1. The Morgan fingerprint density at radius 1 is 0.593 bits per heavy atom. The zero-order chi connectivity index (χ0) is 17.8. The molecule has 0 amide bonds. The summed E-state index contributed by atoms with van der Waals surface area (Å²) in [4.78, 5) is 0. The Labute approximate surface area is 157 Å². The van der Waals surface area contributed by atoms with Crippen LogP contribution in [0.3, 0.4) is 0 Å². The van der Waals surface area contributed by atoms with Crippen molar-refractivity contribution < 1.29 is 4.74 Å². The van der Waals surface area contributed by atoms with Gasteiger partial charge in [-0.3, -0.25) is 0 Å². The predicted molar refractivity (Wildman–Crippen MR) is 112 cm³/mol. The smallest absolute Gasteiger partial charge is 0.201 e. The minimum absolute atomic E-state index is 0.901. The molecule has 0 saturated carbocycles. The Hall–Kier alpha value is -3.46. The van der Waals surface area contributed by atoms with Gasteiger partial charge in [-0.2, -0.15) is 0 Å². The van der Waals surface area contributed by atoms with Gasteiger partial charge in [0, 0.05) is 16.5 Å². The van der Waals surface area contributed by atoms with Crippen LogP contribution in [0.5, 0.6) is 11.5 Å². The van der Waals surface area contributed by atoms with Gasteiger partial charge in [-0.15, -0.1) is 0 Å². The molecule has 3 heteroatoms. The van der Waals surface area contributed by atoms with Gasteiger partial charge in [0.25, 0.3) is 0 Å². The summed E-state index contributed by atoms with van der Waals surface area (Å²) in [6, 6.07) is 31.7. The molecule has 2 heterocycles. The molecule has 4 aromatic carbocycles. The standard InChI is InChI=1S/C24H15BNO/c1-4-10-21-17(7-1)18-8-2-5-11-22(18)26(21)16-13-14-24-20(15-16)25-19-9-3-6-12-23(19)27-24/h1-15H. The monoisotopic (exact) mass is 344 g/mol. The summed E-state index contributed by atoms with van der Waals surface area (Å²) in [5.74, 6) is 1.81. The second kappa shape index (κ2) is 5.52. The van der Waals surface area contributed by atoms with Crippen molar-refractivity contribution in [3.05, 3.63) is 91.0 Å². The largest absolute Gasteiger partial charge is 0.459 e. The number of nitrogens with zero attached hydrogens (tertiary/aromatic N) is 1. The van der Waals surface area contributed by atoms with Gasteiger partial charge < -0.3 is 9.30 Å². The molecule has 0 saturated heterocycles. The highest BCUT2D eigenvalue weighted by Gasteiger charge is 2.19. The van der Waals surface area contributed by atoms with Crippen molar-refractivity contribution in [1.29, 1.82) is 0 Å². The summed E-state index contributed by atoms with van der Waals surface area (Å²) in [6.45, 7) is 0. The van der Waals surface area contributed by atoms with Crippen LogP contribution < -0.4 is 15.7 Å². The fraction of sp³-hybridized carbons (Fsp3) is 0. The number of para-hydroxylation sites is 3. The van der Waals surface area contributed by atoms with Crippen LogP contribution in [0.4, 0.5) is 0 Å². The van der Waals surface area contributed by atoms with Crippen molar-refractivity contribution in [2.45, 2.75) is 0 Å². The Morgan fingerprint density at radius 3 is 2.00 bits per heavy atom. The molecule has 0 spiro atoms. The van der Waals surface area contributed by atoms with Crippen LogP contribution in [0, 0.1) is 0 Å². The first-order valence-corrected chi connectivity index (χ1v) is 9.13. The fourth-order valence-corrected chi connectivity index (χ4v) is 4.06. The van der Waals surface area contributed by atoms with Gasteiger partial charge in [-0.1, -0.05) is 54.6 Å². The average Bonchev–Trinajstić information content (AvgIpc) is 3.06. The molecule has 0 fully saturated rings. The third kappa shape index (κ3) is 2.15. The zero-order valence-corrected chi connectivity index (χ0v) is 14.6. The van der Waals surface area contributed by atoms with Gasteiger partial charge in [-0.25, -0.2) is 0 Å². The molecule has 0 unspecified atom stereocenters. The topological polar surface area (TPSA) is 14.2 Å². The van der Waals surface area contributed by atoms with E-state index in [0.717, 1.165) is 28.1 Å². The third-order valence-electron chi connectivity index (χ3n) is 5.28. The summed E-state index contributed by atoms with van der Waals surface area (Å²) < 4.78 is 8.42. The van der Waals surface area contributed by atoms with Crippen LogP contribution in [0.15, 0.2) is 91.0 Å². The lowest BCUT2D eigenvalue weighted by atomic mass is 9.62. The minimum Gasteiger partial charge on any atom is -0.459 e. The molecule has 2 nitrogen and oxygen atoms in total. The molecule has 1 aliphatic rings. The van der Waals surface area contributed by atoms with E-state index in [-0.39, 0.29) is 0 Å². The van der Waals surface area contributed by atoms with E-state index in [0.29, 0.717) is 0 Å². The highest BCUT2D eigenvalue weighted by molar-refractivity contribution is 6.69. The van der Waals surface area contributed by atoms with Crippen LogP contribution in [0.1, 0.15) is 0 Å². The Bertz CT molecular complexity index is 1280. The van der Waals surface area contributed by atoms with Crippen molar-refractivity contribution in [3.8, 4) is 17.2 Å². The van der Waals surface area contributed by atoms with E-state index in [2.05, 4.69) is 84.6 Å². The number of aromatic nitrogens is 1. The Kier molecular flexibility index (Phi) is 3.00. The molecule has 6 rings (SSSR count). The minimum atomic E-state index is 0.901. The number of hydrogen-bond donors (Lipinski definition) is 0. The highest BCUT2D eigenvalue weighted by atomic mass is 16.5. The van der Waals surface area contributed by atoms with Crippen molar-refractivity contribution >= 4 is 40.0 Å². The molecule has 1 aromatic heterocycles. The van der Waals surface area contributed by atoms with Crippen molar-refractivity contribution in [1.82, 2.24) is 4.57 Å². The quantitative estimate of drug-likeness (QED) is 0.399. The first-order valence-electron chi connectivity index (χ1n) is 9.13. The molecule has 1 aliphatic heterocycles. The predicted octanol–water partition coefficient (Wildman–Crippen LogP) is 4.54. The second-order valence-electron chi connectivity index (χ2n) is 6.88. The normalized spacial score (nSPS) is 12.3. The summed E-state index contributed by atoms with van der Waals surface area (Å²) in [7, 11) is 2.20. The lowest BCUT2D eigenvalue weighted by Gasteiger charge is -2.20. The van der Waals surface area contributed by atoms with Crippen LogP contribution in [-0.2, 0) is 0 Å². The van der Waals surface area contributed by atoms with Gasteiger partial charge in [0.05, 0.1) is 11.0 Å². The van der Waals surface area contributed by atoms with E-state index in [1.54, 1.807) is 0 Å². The van der Waals surface area contributed by atoms with Crippen molar-refractivity contribution in [2.75, 3.05) is 0 Å². The number of hydrogen-bond acceptors (Lipinski definition) is 1. The Balaban J connectivity index is 1.59. The molecular weight excluding hydrogens is 329 g/mol. The Morgan fingerprint density at radius 2 is 1.22 bits per heavy atom. The first kappa shape index (κ1) is 14.7. The van der Waals surface area contributed by atoms with Crippen LogP contribution in [0.25, 0.3) is 27.5 Å². The molecule has 0 N–H and O–H groups in total. The van der Waals surface area contributed by atoms with E-state index < -0.39 is 0 Å². The molecule has 0 aliphatic carbocycles. The van der Waals surface area contributed by atoms with E-state index in [1.165, 1.54) is 21.8 Å².